The van der Waals surface area contributed by atoms with E-state index in [9.17, 15) is 4.39 Å². The van der Waals surface area contributed by atoms with Crippen LogP contribution in [0, 0.1) is 11.7 Å². The van der Waals surface area contributed by atoms with Gasteiger partial charge in [0.15, 0.2) is 0 Å². The monoisotopic (exact) mass is 240 g/mol. The number of nitrogens with one attached hydrogen (secondary N) is 1. The summed E-state index contributed by atoms with van der Waals surface area (Å²) in [6, 6.07) is 5.09. The molecule has 0 saturated heterocycles. The van der Waals surface area contributed by atoms with Crippen LogP contribution in [0.4, 0.5) is 4.39 Å². The fraction of sp³-hybridized carbons (Fsp3) is 0.538. The molecule has 17 heavy (non-hydrogen) atoms. The third-order valence-corrected chi connectivity index (χ3v) is 2.87. The first-order valence-corrected chi connectivity index (χ1v) is 5.84. The summed E-state index contributed by atoms with van der Waals surface area (Å²) in [6.45, 7) is 5.22. The zero-order chi connectivity index (χ0) is 12.8. The van der Waals surface area contributed by atoms with Gasteiger partial charge in [0.1, 0.15) is 11.6 Å². The summed E-state index contributed by atoms with van der Waals surface area (Å²) in [6.07, 6.45) is 0. The van der Waals surface area contributed by atoms with Crippen LogP contribution >= 0.6 is 0 Å². The molecule has 96 valence electrons. The van der Waals surface area contributed by atoms with Gasteiger partial charge in [-0.15, -0.1) is 0 Å². The van der Waals surface area contributed by atoms with Crippen molar-refractivity contribution in [3.8, 4) is 5.75 Å². The first kappa shape index (κ1) is 13.9. The highest BCUT2D eigenvalue weighted by Gasteiger charge is 2.11. The van der Waals surface area contributed by atoms with Crippen molar-refractivity contribution in [1.29, 1.82) is 0 Å². The Labute approximate surface area is 102 Å². The average molecular weight is 240 g/mol. The van der Waals surface area contributed by atoms with E-state index in [1.165, 1.54) is 13.2 Å². The van der Waals surface area contributed by atoms with Crippen molar-refractivity contribution in [2.45, 2.75) is 26.4 Å². The Morgan fingerprint density at radius 1 is 1.41 bits per heavy atom. The molecule has 0 amide bonds. The largest absolute Gasteiger partial charge is 0.497 e. The van der Waals surface area contributed by atoms with E-state index in [-0.39, 0.29) is 11.9 Å². The standard InChI is InChI=1S/C13H21FN2O/c1-9(2)13(7-15)16-8-10-4-5-11(17-3)6-12(10)14/h4-6,9,13,16H,7-8,15H2,1-3H3. The van der Waals surface area contributed by atoms with Gasteiger partial charge in [0.2, 0.25) is 0 Å². The van der Waals surface area contributed by atoms with Crippen molar-refractivity contribution < 1.29 is 9.13 Å². The van der Waals surface area contributed by atoms with Gasteiger partial charge in [-0.2, -0.15) is 0 Å². The van der Waals surface area contributed by atoms with E-state index in [4.69, 9.17) is 10.5 Å². The number of methoxy groups -OCH3 is 1. The quantitative estimate of drug-likeness (QED) is 0.798. The molecule has 0 radical (unpaired) electrons. The zero-order valence-electron chi connectivity index (χ0n) is 10.7. The Bertz CT molecular complexity index is 355. The van der Waals surface area contributed by atoms with E-state index in [1.807, 2.05) is 0 Å². The van der Waals surface area contributed by atoms with Gasteiger partial charge in [-0.3, -0.25) is 0 Å². The van der Waals surface area contributed by atoms with Gasteiger partial charge in [0.25, 0.3) is 0 Å². The Kier molecular flexibility index (Phi) is 5.38. The first-order valence-electron chi connectivity index (χ1n) is 5.84. The molecule has 1 aromatic rings. The van der Waals surface area contributed by atoms with Crippen LogP contribution < -0.4 is 15.8 Å². The highest BCUT2D eigenvalue weighted by Crippen LogP contribution is 2.16. The molecule has 0 heterocycles. The Morgan fingerprint density at radius 2 is 2.12 bits per heavy atom. The molecule has 1 unspecified atom stereocenters. The number of rotatable bonds is 6. The van der Waals surface area contributed by atoms with Gasteiger partial charge in [-0.25, -0.2) is 4.39 Å². The Balaban J connectivity index is 2.63. The molecule has 0 fully saturated rings. The lowest BCUT2D eigenvalue weighted by atomic mass is 10.0. The Hall–Kier alpha value is -1.13. The smallest absolute Gasteiger partial charge is 0.131 e. The predicted molar refractivity (Wildman–Crippen MR) is 67.5 cm³/mol. The number of hydrogen-bond donors (Lipinski definition) is 2. The molecule has 1 rings (SSSR count). The fourth-order valence-corrected chi connectivity index (χ4v) is 1.63. The van der Waals surface area contributed by atoms with E-state index < -0.39 is 0 Å². The number of hydrogen-bond acceptors (Lipinski definition) is 3. The highest BCUT2D eigenvalue weighted by molar-refractivity contribution is 5.28. The summed E-state index contributed by atoms with van der Waals surface area (Å²) in [5.74, 6) is 0.711. The van der Waals surface area contributed by atoms with E-state index in [1.54, 1.807) is 12.1 Å². The van der Waals surface area contributed by atoms with Crippen molar-refractivity contribution in [2.75, 3.05) is 13.7 Å². The highest BCUT2D eigenvalue weighted by atomic mass is 19.1. The molecule has 1 atom stereocenters. The second-order valence-electron chi connectivity index (χ2n) is 4.42. The minimum absolute atomic E-state index is 0.205. The summed E-state index contributed by atoms with van der Waals surface area (Å²) in [5, 5.41) is 3.26. The predicted octanol–water partition coefficient (Wildman–Crippen LogP) is 1.91. The van der Waals surface area contributed by atoms with Crippen LogP contribution in [0.25, 0.3) is 0 Å². The van der Waals surface area contributed by atoms with Crippen molar-refractivity contribution in [2.24, 2.45) is 11.7 Å². The maximum absolute atomic E-state index is 13.6. The summed E-state index contributed by atoms with van der Waals surface area (Å²) in [7, 11) is 1.52. The SMILES string of the molecule is COc1ccc(CNC(CN)C(C)C)c(F)c1. The third-order valence-electron chi connectivity index (χ3n) is 2.87. The summed E-state index contributed by atoms with van der Waals surface area (Å²) in [4.78, 5) is 0. The molecule has 0 spiro atoms. The minimum Gasteiger partial charge on any atom is -0.497 e. The van der Waals surface area contributed by atoms with Crippen LogP contribution in [0.3, 0.4) is 0 Å². The van der Waals surface area contributed by atoms with E-state index in [2.05, 4.69) is 19.2 Å². The molecule has 1 aromatic carbocycles. The molecular formula is C13H21FN2O. The molecule has 0 saturated carbocycles. The van der Waals surface area contributed by atoms with Crippen LogP contribution in [-0.4, -0.2) is 19.7 Å². The maximum atomic E-state index is 13.6. The van der Waals surface area contributed by atoms with Crippen LogP contribution in [-0.2, 0) is 6.54 Å². The van der Waals surface area contributed by atoms with Crippen LogP contribution in [0.1, 0.15) is 19.4 Å². The first-order chi connectivity index (χ1) is 8.08. The molecule has 0 bridgehead atoms. The van der Waals surface area contributed by atoms with Gasteiger partial charge < -0.3 is 15.8 Å². The molecule has 0 aliphatic heterocycles. The number of halogens is 1. The van der Waals surface area contributed by atoms with Crippen LogP contribution in [0.15, 0.2) is 18.2 Å². The zero-order valence-corrected chi connectivity index (χ0v) is 10.7. The molecule has 3 nitrogen and oxygen atoms in total. The van der Waals surface area contributed by atoms with Gasteiger partial charge in [0.05, 0.1) is 7.11 Å². The number of benzene rings is 1. The van der Waals surface area contributed by atoms with E-state index in [0.717, 1.165) is 0 Å². The molecular weight excluding hydrogens is 219 g/mol. The molecule has 0 aromatic heterocycles. The van der Waals surface area contributed by atoms with Crippen molar-refractivity contribution in [3.63, 3.8) is 0 Å². The van der Waals surface area contributed by atoms with Gasteiger partial charge >= 0.3 is 0 Å². The van der Waals surface area contributed by atoms with Gasteiger partial charge in [0, 0.05) is 30.8 Å². The summed E-state index contributed by atoms with van der Waals surface area (Å²) < 4.78 is 18.6. The second-order valence-corrected chi connectivity index (χ2v) is 4.42. The minimum atomic E-state index is -0.253. The van der Waals surface area contributed by atoms with Crippen molar-refractivity contribution >= 4 is 0 Å². The Morgan fingerprint density at radius 3 is 2.59 bits per heavy atom. The maximum Gasteiger partial charge on any atom is 0.131 e. The fourth-order valence-electron chi connectivity index (χ4n) is 1.63. The topological polar surface area (TPSA) is 47.3 Å². The van der Waals surface area contributed by atoms with Crippen molar-refractivity contribution in [1.82, 2.24) is 5.32 Å². The summed E-state index contributed by atoms with van der Waals surface area (Å²) in [5.41, 5.74) is 6.27. The third kappa shape index (κ3) is 3.98. The average Bonchev–Trinajstić information content (AvgIpc) is 2.31. The summed E-state index contributed by atoms with van der Waals surface area (Å²) >= 11 is 0. The van der Waals surface area contributed by atoms with Gasteiger partial charge in [-0.1, -0.05) is 19.9 Å². The second kappa shape index (κ2) is 6.57. The molecule has 4 heteroatoms. The van der Waals surface area contributed by atoms with Crippen LogP contribution in [0.5, 0.6) is 5.75 Å². The normalized spacial score (nSPS) is 12.8. The molecule has 0 aliphatic rings. The lowest BCUT2D eigenvalue weighted by Crippen LogP contribution is -2.39. The van der Waals surface area contributed by atoms with E-state index >= 15 is 0 Å². The lowest BCUT2D eigenvalue weighted by Gasteiger charge is -2.20. The van der Waals surface area contributed by atoms with Crippen LogP contribution in [0.2, 0.25) is 0 Å². The van der Waals surface area contributed by atoms with Gasteiger partial charge in [-0.05, 0) is 12.0 Å². The van der Waals surface area contributed by atoms with Crippen molar-refractivity contribution in [3.05, 3.63) is 29.6 Å². The molecule has 0 aliphatic carbocycles. The number of ether oxygens (including phenoxy) is 1. The van der Waals surface area contributed by atoms with E-state index in [0.29, 0.717) is 30.3 Å². The number of nitrogens with two attached hydrogens (primary N) is 1. The lowest BCUT2D eigenvalue weighted by molar-refractivity contribution is 0.397. The molecule has 3 N–H and O–H groups in total.